The highest BCUT2D eigenvalue weighted by Crippen LogP contribution is 2.38. The highest BCUT2D eigenvalue weighted by Gasteiger charge is 2.33. The van der Waals surface area contributed by atoms with Gasteiger partial charge in [0.1, 0.15) is 0 Å². The van der Waals surface area contributed by atoms with Gasteiger partial charge in [0.05, 0.1) is 23.7 Å². The van der Waals surface area contributed by atoms with Crippen molar-refractivity contribution in [2.45, 2.75) is 42.8 Å². The molecule has 1 aliphatic heterocycles. The Bertz CT molecular complexity index is 1500. The maximum absolute atomic E-state index is 12.9. The molecule has 2 heterocycles. The molecular formula is C32H35N3O5S. The van der Waals surface area contributed by atoms with Crippen molar-refractivity contribution in [3.63, 3.8) is 0 Å². The number of nitrogens with zero attached hydrogens (tertiary/aromatic N) is 2. The van der Waals surface area contributed by atoms with Gasteiger partial charge in [-0.3, -0.25) is 9.71 Å². The molecule has 0 saturated carbocycles. The summed E-state index contributed by atoms with van der Waals surface area (Å²) < 4.78 is 41.4. The number of pyridine rings is 1. The molecule has 3 atom stereocenters. The molecule has 3 aromatic carbocycles. The van der Waals surface area contributed by atoms with Crippen LogP contribution < -0.4 is 4.72 Å². The van der Waals surface area contributed by atoms with Gasteiger partial charge in [-0.2, -0.15) is 0 Å². The molecule has 2 N–H and O–H groups in total. The van der Waals surface area contributed by atoms with Gasteiger partial charge in [0.25, 0.3) is 10.0 Å². The van der Waals surface area contributed by atoms with Crippen molar-refractivity contribution >= 4 is 15.7 Å². The first-order valence-electron chi connectivity index (χ1n) is 13.7. The number of aliphatic hydroxyl groups is 1. The van der Waals surface area contributed by atoms with E-state index < -0.39 is 16.3 Å². The van der Waals surface area contributed by atoms with E-state index in [9.17, 15) is 13.5 Å². The first-order valence-corrected chi connectivity index (χ1v) is 15.1. The van der Waals surface area contributed by atoms with Gasteiger partial charge in [0, 0.05) is 49.1 Å². The fourth-order valence-electron chi connectivity index (χ4n) is 4.89. The first kappa shape index (κ1) is 28.9. The summed E-state index contributed by atoms with van der Waals surface area (Å²) in [4.78, 5) is 6.85. The summed E-state index contributed by atoms with van der Waals surface area (Å²) in [5.74, 6) is 0. The number of hydrogen-bond acceptors (Lipinski definition) is 7. The lowest BCUT2D eigenvalue weighted by Gasteiger charge is -2.38. The minimum Gasteiger partial charge on any atom is -0.392 e. The van der Waals surface area contributed by atoms with E-state index in [2.05, 4.69) is 21.7 Å². The predicted octanol–water partition coefficient (Wildman–Crippen LogP) is 5.09. The number of nitrogens with one attached hydrogen (secondary N) is 1. The summed E-state index contributed by atoms with van der Waals surface area (Å²) in [6.07, 6.45) is 2.24. The minimum atomic E-state index is -3.74. The summed E-state index contributed by atoms with van der Waals surface area (Å²) in [6.45, 7) is 1.50. The van der Waals surface area contributed by atoms with Crippen molar-refractivity contribution in [1.82, 2.24) is 9.88 Å². The summed E-state index contributed by atoms with van der Waals surface area (Å²) in [6, 6.07) is 29.1. The maximum atomic E-state index is 12.9. The Morgan fingerprint density at radius 3 is 2.44 bits per heavy atom. The number of aromatic nitrogens is 1. The molecule has 214 valence electrons. The van der Waals surface area contributed by atoms with Crippen LogP contribution in [0.15, 0.2) is 108 Å². The number of benzene rings is 3. The summed E-state index contributed by atoms with van der Waals surface area (Å²) in [5, 5.41) is 9.47. The van der Waals surface area contributed by atoms with Gasteiger partial charge in [-0.05, 0) is 54.6 Å². The Balaban J connectivity index is 1.34. The van der Waals surface area contributed by atoms with Gasteiger partial charge >= 0.3 is 0 Å². The Morgan fingerprint density at radius 2 is 1.71 bits per heavy atom. The number of likely N-dealkylation sites (N-methyl/N-ethyl adjacent to an activating group) is 1. The van der Waals surface area contributed by atoms with Crippen molar-refractivity contribution in [2.24, 2.45) is 0 Å². The van der Waals surface area contributed by atoms with Crippen molar-refractivity contribution in [1.29, 1.82) is 0 Å². The number of sulfonamides is 1. The van der Waals surface area contributed by atoms with Crippen LogP contribution in [0.3, 0.4) is 0 Å². The van der Waals surface area contributed by atoms with Crippen LogP contribution in [-0.2, 0) is 32.5 Å². The van der Waals surface area contributed by atoms with Crippen LogP contribution in [0.25, 0.3) is 0 Å². The van der Waals surface area contributed by atoms with Crippen LogP contribution in [0.1, 0.15) is 41.2 Å². The van der Waals surface area contributed by atoms with E-state index >= 15 is 0 Å². The van der Waals surface area contributed by atoms with E-state index in [0.29, 0.717) is 18.7 Å². The summed E-state index contributed by atoms with van der Waals surface area (Å²) in [5.41, 5.74) is 4.02. The van der Waals surface area contributed by atoms with Crippen LogP contribution in [0.4, 0.5) is 5.69 Å². The molecule has 41 heavy (non-hydrogen) atoms. The summed E-state index contributed by atoms with van der Waals surface area (Å²) >= 11 is 0. The van der Waals surface area contributed by atoms with Gasteiger partial charge < -0.3 is 19.5 Å². The molecule has 4 aromatic rings. The molecule has 8 nitrogen and oxygen atoms in total. The van der Waals surface area contributed by atoms with E-state index in [4.69, 9.17) is 9.47 Å². The number of ether oxygens (including phenoxy) is 2. The average Bonchev–Trinajstić information content (AvgIpc) is 3.01. The Morgan fingerprint density at radius 1 is 0.927 bits per heavy atom. The molecule has 0 spiro atoms. The second-order valence-corrected chi connectivity index (χ2v) is 11.9. The van der Waals surface area contributed by atoms with Crippen molar-refractivity contribution in [3.8, 4) is 0 Å². The number of rotatable bonds is 11. The molecule has 5 rings (SSSR count). The van der Waals surface area contributed by atoms with Gasteiger partial charge in [-0.25, -0.2) is 8.42 Å². The second-order valence-electron chi connectivity index (χ2n) is 10.2. The lowest BCUT2D eigenvalue weighted by molar-refractivity contribution is -0.252. The monoisotopic (exact) mass is 573 g/mol. The van der Waals surface area contributed by atoms with E-state index in [-0.39, 0.29) is 23.7 Å². The van der Waals surface area contributed by atoms with E-state index in [1.165, 1.54) is 0 Å². The molecule has 1 aromatic heterocycles. The lowest BCUT2D eigenvalue weighted by Crippen LogP contribution is -2.38. The fourth-order valence-corrected chi connectivity index (χ4v) is 5.96. The van der Waals surface area contributed by atoms with Crippen LogP contribution >= 0.6 is 0 Å². The smallest absolute Gasteiger partial charge is 0.261 e. The predicted molar refractivity (Wildman–Crippen MR) is 158 cm³/mol. The molecule has 0 amide bonds. The Hall–Kier alpha value is -3.60. The van der Waals surface area contributed by atoms with Crippen LogP contribution in [0.5, 0.6) is 0 Å². The highest BCUT2D eigenvalue weighted by atomic mass is 32.2. The van der Waals surface area contributed by atoms with E-state index in [0.717, 1.165) is 35.3 Å². The summed E-state index contributed by atoms with van der Waals surface area (Å²) in [7, 11) is -1.67. The first-order chi connectivity index (χ1) is 19.9. The standard InChI is InChI=1S/C32H35N3O5S/c1-35(19-17-27-9-5-6-18-33-27)22-29-21-31(25-15-13-24(23-36)14-16-25)40-32(39-29)26-8-7-10-28(20-26)34-41(37,38)30-11-3-2-4-12-30/h2-16,18,20,29,31-32,34,36H,17,19,21-23H2,1H3/t29-,31+,32+/m1/s1. The zero-order valence-corrected chi connectivity index (χ0v) is 23.8. The molecule has 0 radical (unpaired) electrons. The topological polar surface area (TPSA) is 101 Å². The highest BCUT2D eigenvalue weighted by molar-refractivity contribution is 7.92. The quantitative estimate of drug-likeness (QED) is 0.258. The molecule has 1 fully saturated rings. The molecule has 1 saturated heterocycles. The molecule has 0 bridgehead atoms. The lowest BCUT2D eigenvalue weighted by atomic mass is 9.99. The molecule has 1 aliphatic rings. The maximum Gasteiger partial charge on any atom is 0.261 e. The molecule has 0 unspecified atom stereocenters. The minimum absolute atomic E-state index is 0.0209. The molecule has 9 heteroatoms. The second kappa shape index (κ2) is 13.4. The number of anilines is 1. The van der Waals surface area contributed by atoms with Gasteiger partial charge in [0.2, 0.25) is 0 Å². The van der Waals surface area contributed by atoms with Crippen molar-refractivity contribution in [3.05, 3.63) is 126 Å². The van der Waals surface area contributed by atoms with Crippen molar-refractivity contribution < 1.29 is 23.0 Å². The third-order valence-corrected chi connectivity index (χ3v) is 8.47. The largest absolute Gasteiger partial charge is 0.392 e. The molecule has 0 aliphatic carbocycles. The zero-order chi connectivity index (χ0) is 28.7. The third kappa shape index (κ3) is 7.78. The number of hydrogen-bond donors (Lipinski definition) is 2. The van der Waals surface area contributed by atoms with Crippen LogP contribution in [0, 0.1) is 0 Å². The van der Waals surface area contributed by atoms with Gasteiger partial charge in [-0.1, -0.05) is 60.7 Å². The Labute approximate surface area is 241 Å². The Kier molecular flexibility index (Phi) is 9.43. The zero-order valence-electron chi connectivity index (χ0n) is 23.0. The fraction of sp³-hybridized carbons (Fsp3) is 0.281. The van der Waals surface area contributed by atoms with E-state index in [1.807, 2.05) is 54.7 Å². The van der Waals surface area contributed by atoms with Gasteiger partial charge in [-0.15, -0.1) is 0 Å². The van der Waals surface area contributed by atoms with Crippen molar-refractivity contribution in [2.75, 3.05) is 24.9 Å². The van der Waals surface area contributed by atoms with E-state index in [1.54, 1.807) is 48.5 Å². The third-order valence-electron chi connectivity index (χ3n) is 7.07. The molecular weight excluding hydrogens is 538 g/mol. The van der Waals surface area contributed by atoms with Gasteiger partial charge in [0.15, 0.2) is 6.29 Å². The normalized spacial score (nSPS) is 19.2. The van der Waals surface area contributed by atoms with Crippen LogP contribution in [0.2, 0.25) is 0 Å². The van der Waals surface area contributed by atoms with Crippen LogP contribution in [-0.4, -0.2) is 49.6 Å². The number of aliphatic hydroxyl groups excluding tert-OH is 1. The SMILES string of the molecule is CN(CCc1ccccn1)C[C@H]1C[C@@H](c2ccc(CO)cc2)O[C@@H](c2cccc(NS(=O)(=O)c3ccccc3)c2)O1. The average molecular weight is 574 g/mol.